The zero-order chi connectivity index (χ0) is 42.2. The molecule has 0 radical (unpaired) electrons. The van der Waals surface area contributed by atoms with Crippen molar-refractivity contribution in [2.45, 2.75) is 237 Å². The Balaban J connectivity index is 0.0000336. The first-order chi connectivity index (χ1) is 28.3. The Hall–Kier alpha value is -1.45. The van der Waals surface area contributed by atoms with E-state index in [-0.39, 0.29) is 53.9 Å². The largest absolute Gasteiger partial charge is 1.00 e. The molecule has 1 rings (SSSR count). The summed E-state index contributed by atoms with van der Waals surface area (Å²) >= 11 is 0. The summed E-state index contributed by atoms with van der Waals surface area (Å²) in [5, 5.41) is 0. The van der Waals surface area contributed by atoms with Gasteiger partial charge in [0.25, 0.3) is 0 Å². The number of hydrogen-bond donors (Lipinski definition) is 0. The number of carbonyl (C=O) groups is 2. The molecule has 9 heteroatoms. The molecule has 0 unspecified atom stereocenters. The topological polar surface area (TPSA) is 110 Å². The minimum absolute atomic E-state index is 0. The second-order valence-corrected chi connectivity index (χ2v) is 17.9. The van der Waals surface area contributed by atoms with Crippen molar-refractivity contribution in [2.75, 3.05) is 13.2 Å². The molecule has 0 aliphatic heterocycles. The smallest absolute Gasteiger partial charge is 0.744 e. The van der Waals surface area contributed by atoms with E-state index in [2.05, 4.69) is 13.8 Å². The summed E-state index contributed by atoms with van der Waals surface area (Å²) in [5.41, 5.74) is -0.439. The number of benzene rings is 1. The minimum atomic E-state index is -4.84. The average molecular weight is 853 g/mol. The maximum Gasteiger partial charge on any atom is 1.00 e. The van der Waals surface area contributed by atoms with Gasteiger partial charge in [-0.1, -0.05) is 231 Å². The number of rotatable bonds is 41. The van der Waals surface area contributed by atoms with Crippen LogP contribution in [0.25, 0.3) is 0 Å². The minimum Gasteiger partial charge on any atom is -0.744 e. The van der Waals surface area contributed by atoms with Crippen LogP contribution in [0.4, 0.5) is 0 Å². The fraction of sp³-hybridized carbons (Fsp3) is 0.760. The van der Waals surface area contributed by atoms with E-state index in [4.69, 9.17) is 9.47 Å². The van der Waals surface area contributed by atoms with Gasteiger partial charge in [0.1, 0.15) is 23.3 Å². The number of hydrogen-bond acceptors (Lipinski definition) is 7. The van der Waals surface area contributed by atoms with Gasteiger partial charge in [-0.25, -0.2) is 18.0 Å². The van der Waals surface area contributed by atoms with E-state index in [0.717, 1.165) is 43.9 Å². The molecule has 0 bridgehead atoms. The Labute approximate surface area is 385 Å². The molecule has 0 saturated heterocycles. The molecule has 0 saturated carbocycles. The molecule has 0 N–H and O–H groups in total. The van der Waals surface area contributed by atoms with Crippen molar-refractivity contribution in [3.05, 3.63) is 53.6 Å². The van der Waals surface area contributed by atoms with Crippen LogP contribution in [-0.2, 0) is 19.6 Å². The molecule has 59 heavy (non-hydrogen) atoms. The zero-order valence-electron chi connectivity index (χ0n) is 38.3. The SMILES string of the molecule is CCCCCCCCCCCCCCCCCC/C=C/COC(=O)c1ccc(S(=O)(=O)[O-])cc1C(=O)OC/C=C/CCCCCCCCCCCCCCCCCC.[Na+]. The Bertz CT molecular complexity index is 1310. The van der Waals surface area contributed by atoms with Crippen LogP contribution >= 0.6 is 0 Å². The van der Waals surface area contributed by atoms with Crippen LogP contribution in [0.2, 0.25) is 0 Å². The Morgan fingerprint density at radius 3 is 1.05 bits per heavy atom. The fourth-order valence-electron chi connectivity index (χ4n) is 7.42. The summed E-state index contributed by atoms with van der Waals surface area (Å²) in [6.45, 7) is 4.53. The molecule has 0 aliphatic rings. The molecule has 0 fully saturated rings. The summed E-state index contributed by atoms with van der Waals surface area (Å²) in [4.78, 5) is 25.2. The van der Waals surface area contributed by atoms with Gasteiger partial charge in [-0.3, -0.25) is 0 Å². The Morgan fingerprint density at radius 1 is 0.458 bits per heavy atom. The van der Waals surface area contributed by atoms with E-state index in [0.29, 0.717) is 0 Å². The van der Waals surface area contributed by atoms with Gasteiger partial charge in [-0.05, 0) is 43.9 Å². The molecule has 0 aliphatic carbocycles. The van der Waals surface area contributed by atoms with Gasteiger partial charge in [-0.15, -0.1) is 0 Å². The second-order valence-electron chi connectivity index (χ2n) is 16.5. The van der Waals surface area contributed by atoms with Crippen LogP contribution in [-0.4, -0.2) is 38.1 Å². The molecule has 1 aromatic rings. The standard InChI is InChI=1S/C50H86O7S.Na/c1-3-5-7-9-11-13-15-17-19-21-23-25-27-29-31-33-35-37-39-43-56-49(51)47-42-41-46(58(53,54)55)45-48(47)50(52)57-44-40-38-36-34-32-30-28-26-24-22-20-18-16-14-12-10-8-6-4-2;/h37-42,45H,3-36,43-44H2,1-2H3,(H,53,54,55);/q;+1/p-1/b39-37+,40-38+;. The number of ether oxygens (including phenoxy) is 2. The van der Waals surface area contributed by atoms with Crippen molar-refractivity contribution in [3.63, 3.8) is 0 Å². The van der Waals surface area contributed by atoms with Crippen LogP contribution < -0.4 is 29.6 Å². The van der Waals surface area contributed by atoms with Gasteiger partial charge in [0.2, 0.25) is 0 Å². The molecular weight excluding hydrogens is 768 g/mol. The average Bonchev–Trinajstić information content (AvgIpc) is 3.21. The molecule has 1 aromatic carbocycles. The molecule has 7 nitrogen and oxygen atoms in total. The van der Waals surface area contributed by atoms with Crippen molar-refractivity contribution in [2.24, 2.45) is 0 Å². The summed E-state index contributed by atoms with van der Waals surface area (Å²) in [5.74, 6) is -1.67. The molecule has 334 valence electrons. The van der Waals surface area contributed by atoms with Gasteiger partial charge < -0.3 is 14.0 Å². The number of allylic oxidation sites excluding steroid dienone is 2. The summed E-state index contributed by atoms with van der Waals surface area (Å²) in [6.07, 6.45) is 51.8. The maximum atomic E-state index is 12.9. The predicted molar refractivity (Wildman–Crippen MR) is 242 cm³/mol. The van der Waals surface area contributed by atoms with Crippen molar-refractivity contribution >= 4 is 22.1 Å². The van der Waals surface area contributed by atoms with Crippen LogP contribution in [0, 0.1) is 0 Å². The van der Waals surface area contributed by atoms with E-state index in [1.54, 1.807) is 12.2 Å². The predicted octanol–water partition coefficient (Wildman–Crippen LogP) is 12.3. The first-order valence-corrected chi connectivity index (χ1v) is 25.5. The van der Waals surface area contributed by atoms with E-state index in [1.807, 2.05) is 12.2 Å². The summed E-state index contributed by atoms with van der Waals surface area (Å²) in [6, 6.07) is 3.05. The van der Waals surface area contributed by atoms with Crippen LogP contribution in [0.5, 0.6) is 0 Å². The molecular formula is C50H85NaO7S. The number of carbonyl (C=O) groups excluding carboxylic acids is 2. The first kappa shape index (κ1) is 57.5. The van der Waals surface area contributed by atoms with Crippen molar-refractivity contribution in [1.29, 1.82) is 0 Å². The summed E-state index contributed by atoms with van der Waals surface area (Å²) in [7, 11) is -4.84. The van der Waals surface area contributed by atoms with Crippen molar-refractivity contribution in [3.8, 4) is 0 Å². The van der Waals surface area contributed by atoms with Gasteiger partial charge >= 0.3 is 41.5 Å². The maximum absolute atomic E-state index is 12.9. The van der Waals surface area contributed by atoms with E-state index < -0.39 is 27.0 Å². The normalized spacial score (nSPS) is 11.7. The third-order valence-electron chi connectivity index (χ3n) is 11.1. The van der Waals surface area contributed by atoms with Crippen molar-refractivity contribution < 1.29 is 61.6 Å². The van der Waals surface area contributed by atoms with E-state index >= 15 is 0 Å². The summed E-state index contributed by atoms with van der Waals surface area (Å²) < 4.78 is 45.7. The van der Waals surface area contributed by atoms with Crippen LogP contribution in [0.1, 0.15) is 253 Å². The molecule has 0 heterocycles. The van der Waals surface area contributed by atoms with Crippen LogP contribution in [0.3, 0.4) is 0 Å². The fourth-order valence-corrected chi connectivity index (χ4v) is 7.92. The van der Waals surface area contributed by atoms with E-state index in [9.17, 15) is 22.6 Å². The quantitative estimate of drug-likeness (QED) is 0.0212. The molecule has 0 amide bonds. The molecule has 0 atom stereocenters. The third kappa shape index (κ3) is 34.8. The Kier molecular flexibility index (Phi) is 40.9. The van der Waals surface area contributed by atoms with Gasteiger partial charge in [-0.2, -0.15) is 0 Å². The zero-order valence-corrected chi connectivity index (χ0v) is 41.1. The van der Waals surface area contributed by atoms with Gasteiger partial charge in [0.05, 0.1) is 16.0 Å². The second kappa shape index (κ2) is 41.9. The first-order valence-electron chi connectivity index (χ1n) is 24.0. The Morgan fingerprint density at radius 2 is 0.746 bits per heavy atom. The van der Waals surface area contributed by atoms with E-state index in [1.165, 1.54) is 193 Å². The molecule has 0 aromatic heterocycles. The number of esters is 2. The third-order valence-corrected chi connectivity index (χ3v) is 12.0. The molecule has 0 spiro atoms. The monoisotopic (exact) mass is 853 g/mol. The van der Waals surface area contributed by atoms with Crippen molar-refractivity contribution in [1.82, 2.24) is 0 Å². The number of unbranched alkanes of at least 4 members (excludes halogenated alkanes) is 32. The van der Waals surface area contributed by atoms with Gasteiger partial charge in [0.15, 0.2) is 0 Å². The van der Waals surface area contributed by atoms with Crippen LogP contribution in [0.15, 0.2) is 47.4 Å². The van der Waals surface area contributed by atoms with Gasteiger partial charge in [0, 0.05) is 0 Å².